The molecule has 20 heavy (non-hydrogen) atoms. The first kappa shape index (κ1) is 12.8. The summed E-state index contributed by atoms with van der Waals surface area (Å²) in [5.74, 6) is 0.535. The quantitative estimate of drug-likeness (QED) is 0.793. The predicted octanol–water partition coefficient (Wildman–Crippen LogP) is 2.98. The van der Waals surface area contributed by atoms with Gasteiger partial charge in [0.2, 0.25) is 0 Å². The van der Waals surface area contributed by atoms with Crippen LogP contribution in [0.1, 0.15) is 31.0 Å². The molecule has 102 valence electrons. The molecule has 0 aliphatic heterocycles. The molecular formula is C16H18N4. The Morgan fingerprint density at radius 3 is 2.60 bits per heavy atom. The van der Waals surface area contributed by atoms with Crippen molar-refractivity contribution in [2.24, 2.45) is 5.73 Å². The lowest BCUT2D eigenvalue weighted by molar-refractivity contribution is 0.867. The highest BCUT2D eigenvalue weighted by Gasteiger charge is 2.08. The van der Waals surface area contributed by atoms with Gasteiger partial charge in [-0.3, -0.25) is 4.40 Å². The molecule has 0 atom stereocenters. The summed E-state index contributed by atoms with van der Waals surface area (Å²) in [5.41, 5.74) is 10.9. The fraction of sp³-hybridized carbons (Fsp3) is 0.250. The third-order valence-electron chi connectivity index (χ3n) is 3.52. The van der Waals surface area contributed by atoms with Gasteiger partial charge in [0, 0.05) is 24.5 Å². The van der Waals surface area contributed by atoms with Gasteiger partial charge in [-0.15, -0.1) is 0 Å². The van der Waals surface area contributed by atoms with Gasteiger partial charge in [-0.1, -0.05) is 38.1 Å². The predicted molar refractivity (Wildman–Crippen MR) is 80.4 cm³/mol. The Kier molecular flexibility index (Phi) is 3.24. The van der Waals surface area contributed by atoms with Crippen LogP contribution in [0.2, 0.25) is 0 Å². The second kappa shape index (κ2) is 5.06. The molecule has 0 radical (unpaired) electrons. The van der Waals surface area contributed by atoms with Gasteiger partial charge in [-0.25, -0.2) is 9.97 Å². The lowest BCUT2D eigenvalue weighted by atomic mass is 10.00. The van der Waals surface area contributed by atoms with Crippen LogP contribution in [0.4, 0.5) is 0 Å². The van der Waals surface area contributed by atoms with E-state index >= 15 is 0 Å². The molecule has 4 nitrogen and oxygen atoms in total. The maximum Gasteiger partial charge on any atom is 0.147 e. The molecule has 3 aromatic rings. The van der Waals surface area contributed by atoms with E-state index in [0.717, 1.165) is 22.5 Å². The molecule has 3 rings (SSSR count). The molecule has 0 amide bonds. The largest absolute Gasteiger partial charge is 0.325 e. The minimum absolute atomic E-state index is 0.438. The Balaban J connectivity index is 2.11. The van der Waals surface area contributed by atoms with E-state index in [9.17, 15) is 0 Å². The van der Waals surface area contributed by atoms with Gasteiger partial charge < -0.3 is 5.73 Å². The number of aromatic nitrogens is 3. The second-order valence-electron chi connectivity index (χ2n) is 5.25. The van der Waals surface area contributed by atoms with Crippen LogP contribution in [0.15, 0.2) is 43.0 Å². The van der Waals surface area contributed by atoms with Gasteiger partial charge in [-0.05, 0) is 17.0 Å². The van der Waals surface area contributed by atoms with E-state index in [4.69, 9.17) is 5.73 Å². The summed E-state index contributed by atoms with van der Waals surface area (Å²) in [6, 6.07) is 8.58. The van der Waals surface area contributed by atoms with Gasteiger partial charge in [0.15, 0.2) is 0 Å². The van der Waals surface area contributed by atoms with E-state index in [2.05, 4.69) is 48.1 Å². The second-order valence-corrected chi connectivity index (χ2v) is 5.25. The first-order chi connectivity index (χ1) is 9.69. The van der Waals surface area contributed by atoms with Crippen LogP contribution < -0.4 is 5.73 Å². The van der Waals surface area contributed by atoms with E-state index in [1.54, 1.807) is 6.33 Å². The molecule has 0 fully saturated rings. The number of hydrogen-bond acceptors (Lipinski definition) is 3. The standard InChI is InChI=1S/C16H18N4/c1-11(2)12-3-5-13(6-4-12)15-8-18-10-20-9-14(7-17)19-16(15)20/h3-6,8-11H,7,17H2,1-2H3. The van der Waals surface area contributed by atoms with Crippen molar-refractivity contribution >= 4 is 5.65 Å². The van der Waals surface area contributed by atoms with E-state index in [-0.39, 0.29) is 0 Å². The van der Waals surface area contributed by atoms with Crippen LogP contribution in [0.3, 0.4) is 0 Å². The number of benzene rings is 1. The summed E-state index contributed by atoms with van der Waals surface area (Å²) < 4.78 is 1.92. The molecule has 0 bridgehead atoms. The summed E-state index contributed by atoms with van der Waals surface area (Å²) in [6.07, 6.45) is 5.54. The van der Waals surface area contributed by atoms with Gasteiger partial charge >= 0.3 is 0 Å². The maximum absolute atomic E-state index is 5.66. The Hall–Kier alpha value is -2.20. The number of nitrogens with zero attached hydrogens (tertiary/aromatic N) is 3. The molecule has 2 aromatic heterocycles. The van der Waals surface area contributed by atoms with E-state index < -0.39 is 0 Å². The monoisotopic (exact) mass is 266 g/mol. The smallest absolute Gasteiger partial charge is 0.147 e. The van der Waals surface area contributed by atoms with Crippen molar-refractivity contribution in [3.63, 3.8) is 0 Å². The Morgan fingerprint density at radius 1 is 1.20 bits per heavy atom. The van der Waals surface area contributed by atoms with E-state index in [1.807, 2.05) is 16.8 Å². The highest BCUT2D eigenvalue weighted by molar-refractivity contribution is 5.76. The van der Waals surface area contributed by atoms with Crippen LogP contribution in [0.5, 0.6) is 0 Å². The minimum atomic E-state index is 0.438. The molecule has 0 saturated carbocycles. The van der Waals surface area contributed by atoms with Crippen molar-refractivity contribution in [3.8, 4) is 11.1 Å². The first-order valence-corrected chi connectivity index (χ1v) is 6.81. The first-order valence-electron chi connectivity index (χ1n) is 6.81. The summed E-state index contributed by atoms with van der Waals surface area (Å²) in [7, 11) is 0. The number of nitrogens with two attached hydrogens (primary N) is 1. The molecular weight excluding hydrogens is 248 g/mol. The highest BCUT2D eigenvalue weighted by atomic mass is 15.0. The van der Waals surface area contributed by atoms with Crippen LogP contribution in [0, 0.1) is 0 Å². The molecule has 1 aromatic carbocycles. The van der Waals surface area contributed by atoms with Crippen molar-refractivity contribution in [2.45, 2.75) is 26.3 Å². The van der Waals surface area contributed by atoms with Crippen LogP contribution in [0.25, 0.3) is 16.8 Å². The third kappa shape index (κ3) is 2.18. The summed E-state index contributed by atoms with van der Waals surface area (Å²) >= 11 is 0. The Morgan fingerprint density at radius 2 is 1.95 bits per heavy atom. The highest BCUT2D eigenvalue weighted by Crippen LogP contribution is 2.25. The van der Waals surface area contributed by atoms with Crippen molar-refractivity contribution in [1.82, 2.24) is 14.4 Å². The maximum atomic E-state index is 5.66. The van der Waals surface area contributed by atoms with Crippen LogP contribution >= 0.6 is 0 Å². The third-order valence-corrected chi connectivity index (χ3v) is 3.52. The summed E-state index contributed by atoms with van der Waals surface area (Å²) in [5, 5.41) is 0. The summed E-state index contributed by atoms with van der Waals surface area (Å²) in [6.45, 7) is 4.83. The van der Waals surface area contributed by atoms with Crippen molar-refractivity contribution in [2.75, 3.05) is 0 Å². The number of rotatable bonds is 3. The van der Waals surface area contributed by atoms with Gasteiger partial charge in [0.05, 0.1) is 5.69 Å². The molecule has 4 heteroatoms. The lowest BCUT2D eigenvalue weighted by Crippen LogP contribution is -1.95. The van der Waals surface area contributed by atoms with Crippen molar-refractivity contribution in [1.29, 1.82) is 0 Å². The van der Waals surface area contributed by atoms with Gasteiger partial charge in [0.1, 0.15) is 12.0 Å². The van der Waals surface area contributed by atoms with Crippen LogP contribution in [-0.4, -0.2) is 14.4 Å². The average Bonchev–Trinajstić information content (AvgIpc) is 2.90. The lowest BCUT2D eigenvalue weighted by Gasteiger charge is -2.07. The molecule has 0 unspecified atom stereocenters. The molecule has 0 saturated heterocycles. The molecule has 0 aliphatic carbocycles. The van der Waals surface area contributed by atoms with E-state index in [0.29, 0.717) is 12.5 Å². The zero-order valence-electron chi connectivity index (χ0n) is 11.7. The number of hydrogen-bond donors (Lipinski definition) is 1. The van der Waals surface area contributed by atoms with Gasteiger partial charge in [-0.2, -0.15) is 0 Å². The van der Waals surface area contributed by atoms with Crippen molar-refractivity contribution in [3.05, 3.63) is 54.2 Å². The van der Waals surface area contributed by atoms with E-state index in [1.165, 1.54) is 5.56 Å². The fourth-order valence-corrected chi connectivity index (χ4v) is 2.32. The normalized spacial score (nSPS) is 11.4. The fourth-order valence-electron chi connectivity index (χ4n) is 2.32. The minimum Gasteiger partial charge on any atom is -0.325 e. The molecule has 2 N–H and O–H groups in total. The number of fused-ring (bicyclic) bond motifs is 1. The molecule has 2 heterocycles. The average molecular weight is 266 g/mol. The zero-order valence-corrected chi connectivity index (χ0v) is 11.7. The molecule has 0 spiro atoms. The molecule has 0 aliphatic rings. The van der Waals surface area contributed by atoms with Crippen molar-refractivity contribution < 1.29 is 0 Å². The topological polar surface area (TPSA) is 56.2 Å². The number of imidazole rings is 1. The van der Waals surface area contributed by atoms with Gasteiger partial charge in [0.25, 0.3) is 0 Å². The van der Waals surface area contributed by atoms with Crippen LogP contribution in [-0.2, 0) is 6.54 Å². The SMILES string of the molecule is CC(C)c1ccc(-c2cncn3cc(CN)nc23)cc1. The Bertz CT molecular complexity index is 726. The zero-order chi connectivity index (χ0) is 14.1. The summed E-state index contributed by atoms with van der Waals surface area (Å²) in [4.78, 5) is 8.84. The Labute approximate surface area is 118 Å².